The molecule has 2 heterocycles. The second-order valence-electron chi connectivity index (χ2n) is 4.27. The number of nitrogens with two attached hydrogens (primary N) is 1. The number of alkyl halides is 3. The fourth-order valence-corrected chi connectivity index (χ4v) is 2.79. The molecule has 1 saturated heterocycles. The Balaban J connectivity index is 0.00000162. The van der Waals surface area contributed by atoms with Crippen LogP contribution in [-0.2, 0) is 12.7 Å². The molecule has 1 unspecified atom stereocenters. The van der Waals surface area contributed by atoms with E-state index in [0.717, 1.165) is 25.9 Å². The second-order valence-corrected chi connectivity index (χ2v) is 5.38. The van der Waals surface area contributed by atoms with Gasteiger partial charge in [-0.3, -0.25) is 4.90 Å². The van der Waals surface area contributed by atoms with Crippen LogP contribution in [0.4, 0.5) is 13.2 Å². The Labute approximate surface area is 114 Å². The Morgan fingerprint density at radius 1 is 1.50 bits per heavy atom. The lowest BCUT2D eigenvalue weighted by Crippen LogP contribution is -2.42. The SMILES string of the molecule is Cl.NC1CCCN(Cc2cnc(C(F)(F)F)s2)C1. The zero-order valence-electron chi connectivity index (χ0n) is 9.61. The number of nitrogens with zero attached hydrogens (tertiary/aromatic N) is 2. The van der Waals surface area contributed by atoms with Gasteiger partial charge in [0.05, 0.1) is 0 Å². The fourth-order valence-electron chi connectivity index (χ4n) is 1.97. The van der Waals surface area contributed by atoms with Crippen molar-refractivity contribution < 1.29 is 13.2 Å². The number of piperidine rings is 1. The summed E-state index contributed by atoms with van der Waals surface area (Å²) in [5, 5.41) is -0.770. The minimum atomic E-state index is -4.33. The average Bonchev–Trinajstić information content (AvgIpc) is 2.65. The highest BCUT2D eigenvalue weighted by molar-refractivity contribution is 7.11. The number of rotatable bonds is 2. The van der Waals surface area contributed by atoms with Crippen LogP contribution in [0.5, 0.6) is 0 Å². The van der Waals surface area contributed by atoms with Crippen LogP contribution in [0.2, 0.25) is 0 Å². The van der Waals surface area contributed by atoms with Gasteiger partial charge in [0, 0.05) is 30.2 Å². The van der Waals surface area contributed by atoms with Crippen molar-refractivity contribution in [2.24, 2.45) is 5.73 Å². The molecule has 1 atom stereocenters. The third-order valence-electron chi connectivity index (χ3n) is 2.72. The van der Waals surface area contributed by atoms with Gasteiger partial charge in [-0.1, -0.05) is 0 Å². The summed E-state index contributed by atoms with van der Waals surface area (Å²) in [7, 11) is 0. The van der Waals surface area contributed by atoms with Crippen LogP contribution in [0, 0.1) is 0 Å². The van der Waals surface area contributed by atoms with Crippen LogP contribution in [0.15, 0.2) is 6.20 Å². The predicted octanol–water partition coefficient (Wildman–Crippen LogP) is 2.51. The number of halogens is 4. The first-order chi connectivity index (χ1) is 7.95. The molecule has 0 bridgehead atoms. The van der Waals surface area contributed by atoms with E-state index in [2.05, 4.69) is 9.88 Å². The first-order valence-electron chi connectivity index (χ1n) is 5.45. The Morgan fingerprint density at radius 3 is 2.78 bits per heavy atom. The van der Waals surface area contributed by atoms with Crippen molar-refractivity contribution in [3.05, 3.63) is 16.1 Å². The van der Waals surface area contributed by atoms with Crippen molar-refractivity contribution in [1.82, 2.24) is 9.88 Å². The normalized spacial score (nSPS) is 21.7. The van der Waals surface area contributed by atoms with Crippen LogP contribution >= 0.6 is 23.7 Å². The summed E-state index contributed by atoms with van der Waals surface area (Å²) in [4.78, 5) is 6.14. The Bertz CT molecular complexity index is 383. The van der Waals surface area contributed by atoms with Gasteiger partial charge in [0.15, 0.2) is 5.01 Å². The Kier molecular flexibility index (Phi) is 5.39. The molecular weight excluding hydrogens is 287 g/mol. The second kappa shape index (κ2) is 6.18. The lowest BCUT2D eigenvalue weighted by atomic mass is 10.1. The molecule has 8 heteroatoms. The molecule has 3 nitrogen and oxygen atoms in total. The molecule has 0 amide bonds. The summed E-state index contributed by atoms with van der Waals surface area (Å²) in [6, 6.07) is 0.138. The van der Waals surface area contributed by atoms with Crippen molar-refractivity contribution in [3.63, 3.8) is 0 Å². The molecule has 0 saturated carbocycles. The summed E-state index contributed by atoms with van der Waals surface area (Å²) >= 11 is 0.716. The minimum Gasteiger partial charge on any atom is -0.327 e. The van der Waals surface area contributed by atoms with Gasteiger partial charge in [-0.05, 0) is 19.4 Å². The summed E-state index contributed by atoms with van der Waals surface area (Å²) in [6.45, 7) is 2.16. The van der Waals surface area contributed by atoms with E-state index in [0.29, 0.717) is 22.8 Å². The Morgan fingerprint density at radius 2 is 2.22 bits per heavy atom. The van der Waals surface area contributed by atoms with Crippen LogP contribution in [0.3, 0.4) is 0 Å². The summed E-state index contributed by atoms with van der Waals surface area (Å²) < 4.78 is 37.1. The number of hydrogen-bond donors (Lipinski definition) is 1. The summed E-state index contributed by atoms with van der Waals surface area (Å²) in [6.07, 6.45) is -1.02. The molecule has 0 radical (unpaired) electrons. The van der Waals surface area contributed by atoms with E-state index in [4.69, 9.17) is 5.73 Å². The molecule has 1 fully saturated rings. The quantitative estimate of drug-likeness (QED) is 0.912. The van der Waals surface area contributed by atoms with Gasteiger partial charge in [0.1, 0.15) is 0 Å². The maximum Gasteiger partial charge on any atom is 0.443 e. The average molecular weight is 302 g/mol. The van der Waals surface area contributed by atoms with Crippen LogP contribution in [-0.4, -0.2) is 29.0 Å². The monoisotopic (exact) mass is 301 g/mol. The topological polar surface area (TPSA) is 42.1 Å². The van der Waals surface area contributed by atoms with E-state index in [1.54, 1.807) is 0 Å². The molecule has 0 aliphatic carbocycles. The van der Waals surface area contributed by atoms with Gasteiger partial charge in [-0.15, -0.1) is 23.7 Å². The lowest BCUT2D eigenvalue weighted by Gasteiger charge is -2.29. The zero-order valence-corrected chi connectivity index (χ0v) is 11.2. The summed E-state index contributed by atoms with van der Waals surface area (Å²) in [5.74, 6) is 0. The molecule has 0 aromatic carbocycles. The number of likely N-dealkylation sites (tertiary alicyclic amines) is 1. The molecule has 18 heavy (non-hydrogen) atoms. The molecule has 1 aliphatic heterocycles. The van der Waals surface area contributed by atoms with Gasteiger partial charge in [0.2, 0.25) is 0 Å². The third kappa shape index (κ3) is 4.08. The molecule has 1 aromatic heterocycles. The van der Waals surface area contributed by atoms with Gasteiger partial charge < -0.3 is 5.73 Å². The first-order valence-corrected chi connectivity index (χ1v) is 6.26. The zero-order chi connectivity index (χ0) is 12.5. The highest BCUT2D eigenvalue weighted by Crippen LogP contribution is 2.32. The molecular formula is C10H15ClF3N3S. The van der Waals surface area contributed by atoms with E-state index in [9.17, 15) is 13.2 Å². The maximum atomic E-state index is 12.4. The minimum absolute atomic E-state index is 0. The van der Waals surface area contributed by atoms with Crippen molar-refractivity contribution >= 4 is 23.7 Å². The van der Waals surface area contributed by atoms with Crippen molar-refractivity contribution in [1.29, 1.82) is 0 Å². The summed E-state index contributed by atoms with van der Waals surface area (Å²) in [5.41, 5.74) is 5.82. The molecule has 1 aliphatic rings. The number of aromatic nitrogens is 1. The third-order valence-corrected chi connectivity index (χ3v) is 3.74. The van der Waals surface area contributed by atoms with Crippen LogP contribution in [0.25, 0.3) is 0 Å². The van der Waals surface area contributed by atoms with Gasteiger partial charge in [-0.25, -0.2) is 4.98 Å². The highest BCUT2D eigenvalue weighted by atomic mass is 35.5. The molecule has 0 spiro atoms. The number of thiazole rings is 1. The van der Waals surface area contributed by atoms with Crippen LogP contribution < -0.4 is 5.73 Å². The molecule has 104 valence electrons. The van der Waals surface area contributed by atoms with Crippen molar-refractivity contribution in [2.45, 2.75) is 31.6 Å². The fraction of sp³-hybridized carbons (Fsp3) is 0.700. The van der Waals surface area contributed by atoms with Gasteiger partial charge in [0.25, 0.3) is 0 Å². The van der Waals surface area contributed by atoms with E-state index < -0.39 is 11.2 Å². The van der Waals surface area contributed by atoms with E-state index in [1.165, 1.54) is 6.20 Å². The molecule has 1 aromatic rings. The largest absolute Gasteiger partial charge is 0.443 e. The van der Waals surface area contributed by atoms with Crippen molar-refractivity contribution in [3.8, 4) is 0 Å². The van der Waals surface area contributed by atoms with E-state index in [1.807, 2.05) is 0 Å². The number of hydrogen-bond acceptors (Lipinski definition) is 4. The van der Waals surface area contributed by atoms with Gasteiger partial charge in [-0.2, -0.15) is 13.2 Å². The molecule has 2 N–H and O–H groups in total. The standard InChI is InChI=1S/C10H14F3N3S.ClH/c11-10(12,13)9-15-4-8(17-9)6-16-3-1-2-7(14)5-16;/h4,7H,1-3,5-6,14H2;1H. The van der Waals surface area contributed by atoms with Crippen LogP contribution in [0.1, 0.15) is 22.7 Å². The van der Waals surface area contributed by atoms with E-state index >= 15 is 0 Å². The van der Waals surface area contributed by atoms with Gasteiger partial charge >= 0.3 is 6.18 Å². The lowest BCUT2D eigenvalue weighted by molar-refractivity contribution is -0.137. The first kappa shape index (κ1) is 15.7. The predicted molar refractivity (Wildman–Crippen MR) is 66.9 cm³/mol. The van der Waals surface area contributed by atoms with Crippen molar-refractivity contribution in [2.75, 3.05) is 13.1 Å². The molecule has 2 rings (SSSR count). The smallest absolute Gasteiger partial charge is 0.327 e. The maximum absolute atomic E-state index is 12.4. The Hall–Kier alpha value is -0.370. The van der Waals surface area contributed by atoms with E-state index in [-0.39, 0.29) is 18.4 Å². The highest BCUT2D eigenvalue weighted by Gasteiger charge is 2.34.